The lowest BCUT2D eigenvalue weighted by atomic mass is 9.84. The fourth-order valence-corrected chi connectivity index (χ4v) is 4.77. The number of alkyl halides is 3. The standard InChI is InChI=1S/C29H37F3N2O3/c1-4-5-23(7-6-20(2)3)26(35)33-27(36)34-18-16-28(37,17-19-34)24-12-8-21(9-13-24)22-10-14-25(15-11-22)29(30,31)32/h8-15,20,23,37H,4-7,16-19H2,1-3H3,(H,33,35,36)/t23-/m0/s1. The number of aliphatic hydroxyl groups is 1. The zero-order valence-electron chi connectivity index (χ0n) is 21.8. The van der Waals surface area contributed by atoms with Crippen molar-refractivity contribution in [1.82, 2.24) is 10.2 Å². The van der Waals surface area contributed by atoms with Crippen molar-refractivity contribution >= 4 is 11.9 Å². The summed E-state index contributed by atoms with van der Waals surface area (Å²) in [6.07, 6.45) is -0.435. The molecular formula is C29H37F3N2O3. The summed E-state index contributed by atoms with van der Waals surface area (Å²) in [6, 6.07) is 11.6. The Labute approximate surface area is 217 Å². The van der Waals surface area contributed by atoms with E-state index in [1.54, 1.807) is 29.2 Å². The van der Waals surface area contributed by atoms with Gasteiger partial charge in [0.05, 0.1) is 11.2 Å². The number of urea groups is 1. The number of nitrogens with one attached hydrogen (secondary N) is 1. The Balaban J connectivity index is 1.58. The smallest absolute Gasteiger partial charge is 0.385 e. The zero-order valence-corrected chi connectivity index (χ0v) is 21.8. The van der Waals surface area contributed by atoms with Crippen molar-refractivity contribution in [2.75, 3.05) is 13.1 Å². The molecule has 1 heterocycles. The Bertz CT molecular complexity index is 1040. The van der Waals surface area contributed by atoms with Gasteiger partial charge in [-0.15, -0.1) is 0 Å². The van der Waals surface area contributed by atoms with Gasteiger partial charge >= 0.3 is 12.2 Å². The van der Waals surface area contributed by atoms with Crippen molar-refractivity contribution in [3.05, 3.63) is 59.7 Å². The Morgan fingerprint density at radius 2 is 1.49 bits per heavy atom. The third kappa shape index (κ3) is 7.57. The molecule has 1 aliphatic heterocycles. The van der Waals surface area contributed by atoms with E-state index in [0.29, 0.717) is 43.0 Å². The number of likely N-dealkylation sites (tertiary alicyclic amines) is 1. The highest BCUT2D eigenvalue weighted by molar-refractivity contribution is 5.95. The molecule has 2 aromatic carbocycles. The molecule has 2 aromatic rings. The van der Waals surface area contributed by atoms with E-state index in [4.69, 9.17) is 0 Å². The number of benzene rings is 2. The first-order valence-electron chi connectivity index (χ1n) is 13.0. The maximum Gasteiger partial charge on any atom is 0.416 e. The van der Waals surface area contributed by atoms with Crippen LogP contribution in [0, 0.1) is 11.8 Å². The molecule has 0 unspecified atom stereocenters. The first-order chi connectivity index (χ1) is 17.4. The summed E-state index contributed by atoms with van der Waals surface area (Å²) in [5, 5.41) is 13.8. The molecule has 0 saturated carbocycles. The van der Waals surface area contributed by atoms with Crippen LogP contribution in [0.5, 0.6) is 0 Å². The number of carbonyl (C=O) groups is 2. The van der Waals surface area contributed by atoms with Gasteiger partial charge in [-0.2, -0.15) is 13.2 Å². The molecule has 3 amide bonds. The number of hydrogen-bond donors (Lipinski definition) is 2. The molecule has 0 bridgehead atoms. The zero-order chi connectivity index (χ0) is 27.2. The van der Waals surface area contributed by atoms with Gasteiger partial charge in [-0.1, -0.05) is 70.0 Å². The van der Waals surface area contributed by atoms with Crippen LogP contribution in [0.3, 0.4) is 0 Å². The predicted molar refractivity (Wildman–Crippen MR) is 138 cm³/mol. The minimum absolute atomic E-state index is 0.179. The number of rotatable bonds is 8. The van der Waals surface area contributed by atoms with Crippen LogP contribution in [-0.2, 0) is 16.6 Å². The van der Waals surface area contributed by atoms with Crippen LogP contribution >= 0.6 is 0 Å². The van der Waals surface area contributed by atoms with Crippen molar-refractivity contribution in [1.29, 1.82) is 0 Å². The van der Waals surface area contributed by atoms with E-state index >= 15 is 0 Å². The van der Waals surface area contributed by atoms with Gasteiger partial charge in [0.1, 0.15) is 0 Å². The minimum atomic E-state index is -4.38. The van der Waals surface area contributed by atoms with Crippen LogP contribution in [0.4, 0.5) is 18.0 Å². The molecule has 0 aliphatic carbocycles. The van der Waals surface area contributed by atoms with Crippen LogP contribution in [-0.4, -0.2) is 35.0 Å². The van der Waals surface area contributed by atoms with Gasteiger partial charge in [0, 0.05) is 19.0 Å². The molecule has 202 valence electrons. The van der Waals surface area contributed by atoms with Gasteiger partial charge in [-0.25, -0.2) is 4.79 Å². The molecule has 0 aromatic heterocycles. The molecular weight excluding hydrogens is 481 g/mol. The van der Waals surface area contributed by atoms with Crippen molar-refractivity contribution in [3.63, 3.8) is 0 Å². The largest absolute Gasteiger partial charge is 0.416 e. The third-order valence-electron chi connectivity index (χ3n) is 7.18. The van der Waals surface area contributed by atoms with Gasteiger partial charge < -0.3 is 10.0 Å². The van der Waals surface area contributed by atoms with E-state index in [2.05, 4.69) is 19.2 Å². The van der Waals surface area contributed by atoms with E-state index < -0.39 is 23.4 Å². The number of nitrogens with zero attached hydrogens (tertiary/aromatic N) is 1. The van der Waals surface area contributed by atoms with E-state index in [1.807, 2.05) is 6.92 Å². The van der Waals surface area contributed by atoms with Crippen LogP contribution in [0.15, 0.2) is 48.5 Å². The molecule has 1 saturated heterocycles. The van der Waals surface area contributed by atoms with Crippen molar-refractivity contribution in [3.8, 4) is 11.1 Å². The first-order valence-corrected chi connectivity index (χ1v) is 13.0. The molecule has 1 atom stereocenters. The fraction of sp³-hybridized carbons (Fsp3) is 0.517. The third-order valence-corrected chi connectivity index (χ3v) is 7.18. The Morgan fingerprint density at radius 3 is 1.97 bits per heavy atom. The maximum atomic E-state index is 12.8. The topological polar surface area (TPSA) is 69.6 Å². The van der Waals surface area contributed by atoms with Crippen LogP contribution in [0.25, 0.3) is 11.1 Å². The van der Waals surface area contributed by atoms with Crippen LogP contribution in [0.1, 0.15) is 70.4 Å². The number of hydrogen-bond acceptors (Lipinski definition) is 3. The second kappa shape index (κ2) is 12.1. The van der Waals surface area contributed by atoms with E-state index in [-0.39, 0.29) is 11.8 Å². The van der Waals surface area contributed by atoms with Crippen molar-refractivity contribution < 1.29 is 27.9 Å². The number of carbonyl (C=O) groups excluding carboxylic acids is 2. The molecule has 0 radical (unpaired) electrons. The second-order valence-corrected chi connectivity index (χ2v) is 10.4. The summed E-state index contributed by atoms with van der Waals surface area (Å²) in [4.78, 5) is 27.0. The molecule has 1 fully saturated rings. The summed E-state index contributed by atoms with van der Waals surface area (Å²) < 4.78 is 38.4. The fourth-order valence-electron chi connectivity index (χ4n) is 4.77. The summed E-state index contributed by atoms with van der Waals surface area (Å²) in [5.41, 5.74) is 0.265. The second-order valence-electron chi connectivity index (χ2n) is 10.4. The van der Waals surface area contributed by atoms with Gasteiger partial charge in [-0.05, 0) is 60.4 Å². The first kappa shape index (κ1) is 28.7. The molecule has 3 rings (SSSR count). The summed E-state index contributed by atoms with van der Waals surface area (Å²) in [5.74, 6) is 0.0834. The number of piperidine rings is 1. The highest BCUT2D eigenvalue weighted by Gasteiger charge is 2.36. The number of imide groups is 1. The van der Waals surface area contributed by atoms with Crippen molar-refractivity contribution in [2.45, 2.75) is 71.1 Å². The van der Waals surface area contributed by atoms with Crippen LogP contribution in [0.2, 0.25) is 0 Å². The lowest BCUT2D eigenvalue weighted by Crippen LogP contribution is -2.51. The SMILES string of the molecule is CCC[C@@H](CCC(C)C)C(=O)NC(=O)N1CCC(O)(c2ccc(-c3ccc(C(F)(F)F)cc3)cc2)CC1. The Kier molecular flexibility index (Phi) is 9.40. The average molecular weight is 519 g/mol. The van der Waals surface area contributed by atoms with Crippen molar-refractivity contribution in [2.24, 2.45) is 11.8 Å². The van der Waals surface area contributed by atoms with Gasteiger partial charge in [0.2, 0.25) is 5.91 Å². The normalized spacial score (nSPS) is 16.5. The molecule has 8 heteroatoms. The Morgan fingerprint density at radius 1 is 0.946 bits per heavy atom. The lowest BCUT2D eigenvalue weighted by molar-refractivity contribution is -0.137. The average Bonchev–Trinajstić information content (AvgIpc) is 2.86. The van der Waals surface area contributed by atoms with Crippen LogP contribution < -0.4 is 5.32 Å². The van der Waals surface area contributed by atoms with Gasteiger partial charge in [-0.3, -0.25) is 10.1 Å². The predicted octanol–water partition coefficient (Wildman–Crippen LogP) is 6.74. The van der Waals surface area contributed by atoms with E-state index in [9.17, 15) is 27.9 Å². The molecule has 0 spiro atoms. The van der Waals surface area contributed by atoms with E-state index in [0.717, 1.165) is 43.4 Å². The molecule has 2 N–H and O–H groups in total. The molecule has 37 heavy (non-hydrogen) atoms. The highest BCUT2D eigenvalue weighted by Crippen LogP contribution is 2.35. The lowest BCUT2D eigenvalue weighted by Gasteiger charge is -2.38. The molecule has 5 nitrogen and oxygen atoms in total. The summed E-state index contributed by atoms with van der Waals surface area (Å²) in [7, 11) is 0. The maximum absolute atomic E-state index is 12.8. The number of amides is 3. The van der Waals surface area contributed by atoms with Gasteiger partial charge in [0.25, 0.3) is 0 Å². The van der Waals surface area contributed by atoms with Gasteiger partial charge in [0.15, 0.2) is 0 Å². The monoisotopic (exact) mass is 518 g/mol. The Hall–Kier alpha value is -2.87. The molecule has 1 aliphatic rings. The quantitative estimate of drug-likeness (QED) is 0.406. The summed E-state index contributed by atoms with van der Waals surface area (Å²) >= 11 is 0. The number of halogens is 3. The highest BCUT2D eigenvalue weighted by atomic mass is 19.4. The van der Waals surface area contributed by atoms with E-state index in [1.165, 1.54) is 12.1 Å². The summed E-state index contributed by atoms with van der Waals surface area (Å²) in [6.45, 7) is 6.87. The minimum Gasteiger partial charge on any atom is -0.385 e.